The highest BCUT2D eigenvalue weighted by molar-refractivity contribution is 9.10. The Labute approximate surface area is 140 Å². The summed E-state index contributed by atoms with van der Waals surface area (Å²) in [5, 5.41) is 12.6. The number of benzene rings is 1. The average molecular weight is 388 g/mol. The summed E-state index contributed by atoms with van der Waals surface area (Å²) in [5.41, 5.74) is -0.0672. The molecule has 9 heteroatoms. The van der Waals surface area contributed by atoms with Crippen LogP contribution in [0.3, 0.4) is 0 Å². The number of ether oxygens (including phenoxy) is 3. The Bertz CT molecular complexity index is 669. The molecule has 8 nitrogen and oxygen atoms in total. The van der Waals surface area contributed by atoms with E-state index in [0.717, 1.165) is 20.3 Å². The zero-order valence-corrected chi connectivity index (χ0v) is 14.1. The lowest BCUT2D eigenvalue weighted by Crippen LogP contribution is -2.16. The van der Waals surface area contributed by atoms with Crippen LogP contribution in [0.4, 0.5) is 5.69 Å². The number of methoxy groups -OCH3 is 3. The number of esters is 3. The quantitative estimate of drug-likeness (QED) is 0.445. The number of nitrogens with one attached hydrogen (secondary N) is 1. The molecule has 0 unspecified atom stereocenters. The van der Waals surface area contributed by atoms with Crippen molar-refractivity contribution < 1.29 is 33.7 Å². The molecule has 0 aliphatic carbocycles. The predicted octanol–water partition coefficient (Wildman–Crippen LogP) is 1.58. The number of phenols is 1. The lowest BCUT2D eigenvalue weighted by atomic mass is 10.1. The summed E-state index contributed by atoms with van der Waals surface area (Å²) in [4.78, 5) is 34.5. The van der Waals surface area contributed by atoms with Gasteiger partial charge in [-0.3, -0.25) is 0 Å². The van der Waals surface area contributed by atoms with Crippen LogP contribution in [-0.4, -0.2) is 44.3 Å². The molecule has 0 bridgehead atoms. The fraction of sp³-hybridized carbons (Fsp3) is 0.214. The molecule has 0 spiro atoms. The van der Waals surface area contributed by atoms with Gasteiger partial charge in [-0.05, 0) is 28.1 Å². The van der Waals surface area contributed by atoms with Gasteiger partial charge in [0.2, 0.25) is 0 Å². The summed E-state index contributed by atoms with van der Waals surface area (Å²) >= 11 is 3.10. The third kappa shape index (κ3) is 4.46. The van der Waals surface area contributed by atoms with Crippen LogP contribution in [0.1, 0.15) is 10.4 Å². The molecular weight excluding hydrogens is 374 g/mol. The second-order valence-electron chi connectivity index (χ2n) is 4.01. The Kier molecular flexibility index (Phi) is 6.58. The van der Waals surface area contributed by atoms with Gasteiger partial charge in [-0.2, -0.15) is 0 Å². The van der Waals surface area contributed by atoms with Crippen LogP contribution in [0.25, 0.3) is 0 Å². The lowest BCUT2D eigenvalue weighted by molar-refractivity contribution is -0.138. The van der Waals surface area contributed by atoms with Gasteiger partial charge in [-0.15, -0.1) is 0 Å². The number of carbonyl (C=O) groups is 3. The van der Waals surface area contributed by atoms with Crippen LogP contribution in [0.2, 0.25) is 0 Å². The molecule has 0 fully saturated rings. The van der Waals surface area contributed by atoms with Gasteiger partial charge in [-0.25, -0.2) is 14.4 Å². The number of rotatable bonds is 5. The van der Waals surface area contributed by atoms with E-state index in [1.54, 1.807) is 0 Å². The maximum absolute atomic E-state index is 11.7. The van der Waals surface area contributed by atoms with Crippen molar-refractivity contribution in [2.45, 2.75) is 0 Å². The molecule has 0 aliphatic rings. The Hall–Kier alpha value is -2.55. The average Bonchev–Trinajstić information content (AvgIpc) is 2.56. The number of phenolic OH excluding ortho intramolecular Hbond substituents is 1. The first kappa shape index (κ1) is 18.5. The predicted molar refractivity (Wildman–Crippen MR) is 82.9 cm³/mol. The van der Waals surface area contributed by atoms with E-state index in [-0.39, 0.29) is 27.2 Å². The minimum absolute atomic E-state index is 0.0681. The molecule has 0 aliphatic heterocycles. The first-order valence-corrected chi connectivity index (χ1v) is 6.89. The molecule has 0 atom stereocenters. The third-order valence-electron chi connectivity index (χ3n) is 2.66. The minimum atomic E-state index is -0.821. The molecule has 0 saturated carbocycles. The fourth-order valence-electron chi connectivity index (χ4n) is 1.51. The van der Waals surface area contributed by atoms with Crippen molar-refractivity contribution in [3.63, 3.8) is 0 Å². The van der Waals surface area contributed by atoms with E-state index in [4.69, 9.17) is 0 Å². The molecule has 0 radical (unpaired) electrons. The van der Waals surface area contributed by atoms with Crippen molar-refractivity contribution in [3.05, 3.63) is 33.9 Å². The van der Waals surface area contributed by atoms with E-state index in [1.165, 1.54) is 19.2 Å². The number of halogens is 1. The van der Waals surface area contributed by atoms with Gasteiger partial charge in [-0.1, -0.05) is 0 Å². The van der Waals surface area contributed by atoms with Crippen molar-refractivity contribution in [2.24, 2.45) is 0 Å². The highest BCUT2D eigenvalue weighted by Gasteiger charge is 2.19. The van der Waals surface area contributed by atoms with E-state index in [0.29, 0.717) is 0 Å². The van der Waals surface area contributed by atoms with E-state index in [2.05, 4.69) is 35.5 Å². The Morgan fingerprint density at radius 1 is 1.13 bits per heavy atom. The van der Waals surface area contributed by atoms with Gasteiger partial charge in [0.1, 0.15) is 17.0 Å². The maximum atomic E-state index is 11.7. The van der Waals surface area contributed by atoms with Gasteiger partial charge in [0.25, 0.3) is 0 Å². The van der Waals surface area contributed by atoms with Crippen LogP contribution in [0.15, 0.2) is 28.4 Å². The van der Waals surface area contributed by atoms with Gasteiger partial charge >= 0.3 is 17.9 Å². The van der Waals surface area contributed by atoms with Crippen molar-refractivity contribution in [2.75, 3.05) is 26.6 Å². The molecule has 1 aromatic rings. The smallest absolute Gasteiger partial charge is 0.354 e. The highest BCUT2D eigenvalue weighted by Crippen LogP contribution is 2.35. The zero-order chi connectivity index (χ0) is 17.6. The Morgan fingerprint density at radius 2 is 1.78 bits per heavy atom. The first-order valence-electron chi connectivity index (χ1n) is 6.10. The van der Waals surface area contributed by atoms with Crippen molar-refractivity contribution >= 4 is 39.5 Å². The van der Waals surface area contributed by atoms with Crippen LogP contribution in [0, 0.1) is 0 Å². The number of aromatic hydroxyl groups is 1. The molecule has 2 N–H and O–H groups in total. The summed E-state index contributed by atoms with van der Waals surface area (Å²) in [7, 11) is 3.47. The second-order valence-corrected chi connectivity index (χ2v) is 4.81. The van der Waals surface area contributed by atoms with Crippen molar-refractivity contribution in [3.8, 4) is 5.75 Å². The van der Waals surface area contributed by atoms with Crippen LogP contribution >= 0.6 is 15.9 Å². The number of anilines is 1. The molecule has 0 aromatic heterocycles. The summed E-state index contributed by atoms with van der Waals surface area (Å²) in [6, 6.07) is 2.70. The van der Waals surface area contributed by atoms with Gasteiger partial charge in [0.15, 0.2) is 0 Å². The van der Waals surface area contributed by atoms with Crippen LogP contribution < -0.4 is 5.32 Å². The Morgan fingerprint density at radius 3 is 2.30 bits per heavy atom. The third-order valence-corrected chi connectivity index (χ3v) is 3.46. The van der Waals surface area contributed by atoms with Crippen molar-refractivity contribution in [1.82, 2.24) is 0 Å². The Balaban J connectivity index is 3.22. The SMILES string of the molecule is COC(=O)/C=C(/Nc1ccc(C(=O)OC)c(O)c1Br)C(=O)OC. The first-order chi connectivity index (χ1) is 10.8. The summed E-state index contributed by atoms with van der Waals surface area (Å²) in [6.45, 7) is 0. The second kappa shape index (κ2) is 8.18. The minimum Gasteiger partial charge on any atom is -0.506 e. The molecule has 1 rings (SSSR count). The number of hydrogen-bond acceptors (Lipinski definition) is 8. The van der Waals surface area contributed by atoms with Gasteiger partial charge in [0, 0.05) is 0 Å². The van der Waals surface area contributed by atoms with Gasteiger partial charge < -0.3 is 24.6 Å². The van der Waals surface area contributed by atoms with Crippen molar-refractivity contribution in [1.29, 1.82) is 0 Å². The number of hydrogen-bond donors (Lipinski definition) is 2. The standard InChI is InChI=1S/C14H14BrNO7/c1-21-10(17)6-9(14(20)23-3)16-8-5-4-7(13(19)22-2)12(18)11(8)15/h4-6,16,18H,1-3H3/b9-6+. The molecular formula is C14H14BrNO7. The fourth-order valence-corrected chi connectivity index (χ4v) is 1.96. The van der Waals surface area contributed by atoms with E-state index < -0.39 is 17.9 Å². The van der Waals surface area contributed by atoms with E-state index in [1.807, 2.05) is 0 Å². The summed E-state index contributed by atoms with van der Waals surface area (Å²) in [6.07, 6.45) is 0.892. The molecule has 0 saturated heterocycles. The molecule has 0 amide bonds. The topological polar surface area (TPSA) is 111 Å². The largest absolute Gasteiger partial charge is 0.506 e. The lowest BCUT2D eigenvalue weighted by Gasteiger charge is -2.13. The van der Waals surface area contributed by atoms with Gasteiger partial charge in [0.05, 0.1) is 37.6 Å². The zero-order valence-electron chi connectivity index (χ0n) is 12.5. The van der Waals surface area contributed by atoms with E-state index >= 15 is 0 Å². The highest BCUT2D eigenvalue weighted by atomic mass is 79.9. The summed E-state index contributed by atoms with van der Waals surface area (Å²) in [5.74, 6) is -2.71. The maximum Gasteiger partial charge on any atom is 0.354 e. The van der Waals surface area contributed by atoms with Crippen LogP contribution in [-0.2, 0) is 23.8 Å². The molecule has 124 valence electrons. The monoisotopic (exact) mass is 387 g/mol. The van der Waals surface area contributed by atoms with Crippen LogP contribution in [0.5, 0.6) is 5.75 Å². The molecule has 1 aromatic carbocycles. The van der Waals surface area contributed by atoms with E-state index in [9.17, 15) is 19.5 Å². The number of carbonyl (C=O) groups excluding carboxylic acids is 3. The summed E-state index contributed by atoms with van der Waals surface area (Å²) < 4.78 is 13.6. The molecule has 0 heterocycles. The molecule has 23 heavy (non-hydrogen) atoms. The normalized spacial score (nSPS) is 10.7.